The maximum Gasteiger partial charge on any atom is 0.255 e. The number of pyridine rings is 1. The molecule has 1 atom stereocenters. The summed E-state index contributed by atoms with van der Waals surface area (Å²) in [6.45, 7) is 6.45. The maximum atomic E-state index is 13.2. The van der Waals surface area contributed by atoms with Crippen molar-refractivity contribution in [1.29, 1.82) is 0 Å². The topological polar surface area (TPSA) is 91.3 Å². The normalized spacial score (nSPS) is 14.3. The van der Waals surface area contributed by atoms with E-state index in [0.29, 0.717) is 23.6 Å². The minimum Gasteiger partial charge on any atom is -0.359 e. The number of carbonyl (C=O) groups is 2. The smallest absolute Gasteiger partial charge is 0.255 e. The molecule has 8 nitrogen and oxygen atoms in total. The molecule has 10 heteroatoms. The number of hydrogen-bond acceptors (Lipinski definition) is 8. The number of thiazole rings is 2. The van der Waals surface area contributed by atoms with Crippen molar-refractivity contribution in [2.45, 2.75) is 33.4 Å². The van der Waals surface area contributed by atoms with E-state index in [9.17, 15) is 9.59 Å². The summed E-state index contributed by atoms with van der Waals surface area (Å²) in [5, 5.41) is 5.91. The zero-order valence-electron chi connectivity index (χ0n) is 17.2. The van der Waals surface area contributed by atoms with Gasteiger partial charge < -0.3 is 15.1 Å². The summed E-state index contributed by atoms with van der Waals surface area (Å²) in [5.41, 5.74) is 4.46. The van der Waals surface area contributed by atoms with Crippen molar-refractivity contribution in [1.82, 2.24) is 19.9 Å². The molecule has 1 unspecified atom stereocenters. The first-order valence-electron chi connectivity index (χ1n) is 9.47. The van der Waals surface area contributed by atoms with E-state index in [4.69, 9.17) is 0 Å². The minimum atomic E-state index is -0.177. The van der Waals surface area contributed by atoms with Crippen LogP contribution in [-0.2, 0) is 11.3 Å². The van der Waals surface area contributed by atoms with Gasteiger partial charge in [0.15, 0.2) is 5.82 Å². The van der Waals surface area contributed by atoms with Gasteiger partial charge in [-0.15, -0.1) is 22.7 Å². The Labute approximate surface area is 182 Å². The first kappa shape index (κ1) is 20.4. The molecule has 1 N–H and O–H groups in total. The second kappa shape index (κ2) is 8.11. The van der Waals surface area contributed by atoms with Crippen LogP contribution in [0, 0.1) is 13.8 Å². The molecule has 0 saturated carbocycles. The number of anilines is 2. The van der Waals surface area contributed by atoms with Crippen molar-refractivity contribution in [3.05, 3.63) is 50.0 Å². The molecular formula is C20H22N6O2S2. The molecule has 30 heavy (non-hydrogen) atoms. The van der Waals surface area contributed by atoms with Crippen molar-refractivity contribution in [2.24, 2.45) is 0 Å². The van der Waals surface area contributed by atoms with Crippen LogP contribution in [0.1, 0.15) is 44.6 Å². The van der Waals surface area contributed by atoms with Gasteiger partial charge in [-0.25, -0.2) is 15.0 Å². The highest BCUT2D eigenvalue weighted by Crippen LogP contribution is 2.31. The van der Waals surface area contributed by atoms with E-state index in [2.05, 4.69) is 20.3 Å². The summed E-state index contributed by atoms with van der Waals surface area (Å²) in [4.78, 5) is 43.4. The van der Waals surface area contributed by atoms with Gasteiger partial charge in [-0.3, -0.25) is 9.59 Å². The monoisotopic (exact) mass is 442 g/mol. The number of aromatic nitrogens is 3. The first-order chi connectivity index (χ1) is 14.3. The average Bonchev–Trinajstić information content (AvgIpc) is 3.37. The number of amides is 2. The summed E-state index contributed by atoms with van der Waals surface area (Å²) in [6, 6.07) is 1.55. The Hall–Kier alpha value is -2.85. The molecule has 0 bridgehead atoms. The lowest BCUT2D eigenvalue weighted by Crippen LogP contribution is -2.40. The minimum absolute atomic E-state index is 0.0859. The molecule has 0 aliphatic carbocycles. The van der Waals surface area contributed by atoms with Crippen molar-refractivity contribution in [3.63, 3.8) is 0 Å². The Morgan fingerprint density at radius 2 is 2.17 bits per heavy atom. The van der Waals surface area contributed by atoms with Crippen LogP contribution < -0.4 is 10.2 Å². The number of hydrogen-bond donors (Lipinski definition) is 1. The lowest BCUT2D eigenvalue weighted by atomic mass is 10.1. The third kappa shape index (κ3) is 3.80. The Morgan fingerprint density at radius 1 is 1.37 bits per heavy atom. The molecular weight excluding hydrogens is 420 g/mol. The fourth-order valence-electron chi connectivity index (χ4n) is 3.45. The quantitative estimate of drug-likeness (QED) is 0.651. The molecule has 3 aromatic rings. The van der Waals surface area contributed by atoms with Gasteiger partial charge in [0.1, 0.15) is 0 Å². The van der Waals surface area contributed by atoms with Gasteiger partial charge in [0, 0.05) is 23.5 Å². The number of carbonyl (C=O) groups excluding carboxylic acids is 2. The molecule has 0 spiro atoms. The highest BCUT2D eigenvalue weighted by atomic mass is 32.1. The first-order valence-corrected chi connectivity index (χ1v) is 11.2. The van der Waals surface area contributed by atoms with Gasteiger partial charge in [0.2, 0.25) is 5.91 Å². The molecule has 0 fully saturated rings. The van der Waals surface area contributed by atoms with E-state index in [0.717, 1.165) is 21.3 Å². The van der Waals surface area contributed by atoms with Crippen LogP contribution >= 0.6 is 22.7 Å². The Balaban J connectivity index is 1.62. The predicted octanol–water partition coefficient (Wildman–Crippen LogP) is 3.40. The predicted molar refractivity (Wildman–Crippen MR) is 118 cm³/mol. The molecule has 0 radical (unpaired) electrons. The summed E-state index contributed by atoms with van der Waals surface area (Å²) < 4.78 is 0. The second-order valence-corrected chi connectivity index (χ2v) is 9.30. The molecule has 0 saturated heterocycles. The van der Waals surface area contributed by atoms with Gasteiger partial charge in [-0.1, -0.05) is 0 Å². The molecule has 0 aromatic carbocycles. The maximum absolute atomic E-state index is 13.2. The SMILES string of the molecule is Cc1nc(C(C)N(C)C(=O)c2cnc3c(c2)N(Cc2cscn2)C(=O)CN3)c(C)s1. The number of fused-ring (bicyclic) bond motifs is 1. The summed E-state index contributed by atoms with van der Waals surface area (Å²) in [7, 11) is 1.76. The van der Waals surface area contributed by atoms with Gasteiger partial charge >= 0.3 is 0 Å². The van der Waals surface area contributed by atoms with Gasteiger partial charge in [0.05, 0.1) is 52.3 Å². The molecule has 4 rings (SSSR count). The zero-order valence-corrected chi connectivity index (χ0v) is 18.8. The zero-order chi connectivity index (χ0) is 21.4. The number of nitrogens with zero attached hydrogens (tertiary/aromatic N) is 5. The fraction of sp³-hybridized carbons (Fsp3) is 0.350. The van der Waals surface area contributed by atoms with E-state index in [1.165, 1.54) is 11.3 Å². The van der Waals surface area contributed by atoms with Crippen molar-refractivity contribution < 1.29 is 9.59 Å². The molecule has 156 valence electrons. The average molecular weight is 443 g/mol. The molecule has 1 aliphatic heterocycles. The molecule has 1 aliphatic rings. The Morgan fingerprint density at radius 3 is 2.83 bits per heavy atom. The number of rotatable bonds is 5. The largest absolute Gasteiger partial charge is 0.359 e. The number of aryl methyl sites for hydroxylation is 2. The Kier molecular flexibility index (Phi) is 5.52. The van der Waals surface area contributed by atoms with E-state index in [-0.39, 0.29) is 24.4 Å². The lowest BCUT2D eigenvalue weighted by Gasteiger charge is -2.30. The Bertz CT molecular complexity index is 1090. The van der Waals surface area contributed by atoms with E-state index in [1.807, 2.05) is 26.2 Å². The molecule has 2 amide bonds. The van der Waals surface area contributed by atoms with Crippen molar-refractivity contribution in [2.75, 3.05) is 23.8 Å². The van der Waals surface area contributed by atoms with Crippen LogP contribution in [0.4, 0.5) is 11.5 Å². The summed E-state index contributed by atoms with van der Waals surface area (Å²) in [5.74, 6) is 0.328. The van der Waals surface area contributed by atoms with Crippen LogP contribution in [-0.4, -0.2) is 45.3 Å². The van der Waals surface area contributed by atoms with Crippen LogP contribution in [0.5, 0.6) is 0 Å². The third-order valence-corrected chi connectivity index (χ3v) is 6.69. The van der Waals surface area contributed by atoms with Crippen molar-refractivity contribution >= 4 is 46.0 Å². The van der Waals surface area contributed by atoms with E-state index < -0.39 is 0 Å². The lowest BCUT2D eigenvalue weighted by molar-refractivity contribution is -0.117. The number of nitrogens with one attached hydrogen (secondary N) is 1. The second-order valence-electron chi connectivity index (χ2n) is 7.17. The van der Waals surface area contributed by atoms with Crippen LogP contribution in [0.25, 0.3) is 0 Å². The van der Waals surface area contributed by atoms with E-state index >= 15 is 0 Å². The molecule has 3 aromatic heterocycles. The highest BCUT2D eigenvalue weighted by Gasteiger charge is 2.28. The van der Waals surface area contributed by atoms with Crippen molar-refractivity contribution in [3.8, 4) is 0 Å². The fourth-order valence-corrected chi connectivity index (χ4v) is 4.91. The standard InChI is InChI=1S/C20H22N6O2S2/c1-11(18-12(2)30-13(3)24-18)25(4)20(28)14-5-16-19(21-6-14)22-7-17(27)26(16)8-15-9-29-10-23-15/h5-6,9-11H,7-8H2,1-4H3,(H,21,22). The summed E-state index contributed by atoms with van der Waals surface area (Å²) >= 11 is 3.10. The molecule has 4 heterocycles. The summed E-state index contributed by atoms with van der Waals surface area (Å²) in [6.07, 6.45) is 1.55. The third-order valence-electron chi connectivity index (χ3n) is 5.15. The van der Waals surface area contributed by atoms with Gasteiger partial charge in [-0.2, -0.15) is 0 Å². The van der Waals surface area contributed by atoms with Crippen LogP contribution in [0.3, 0.4) is 0 Å². The van der Waals surface area contributed by atoms with Gasteiger partial charge in [0.25, 0.3) is 5.91 Å². The highest BCUT2D eigenvalue weighted by molar-refractivity contribution is 7.11. The van der Waals surface area contributed by atoms with Crippen LogP contribution in [0.15, 0.2) is 23.2 Å². The van der Waals surface area contributed by atoms with Crippen LogP contribution in [0.2, 0.25) is 0 Å². The van der Waals surface area contributed by atoms with Gasteiger partial charge in [-0.05, 0) is 26.8 Å². The van der Waals surface area contributed by atoms with E-state index in [1.54, 1.807) is 46.0 Å².